The molecule has 3 aromatic carbocycles. The van der Waals surface area contributed by atoms with Crippen LogP contribution in [0, 0.1) is 0 Å². The Hall–Kier alpha value is -3.37. The summed E-state index contributed by atoms with van der Waals surface area (Å²) in [6, 6.07) is 21.5. The van der Waals surface area contributed by atoms with Crippen LogP contribution >= 0.6 is 36.4 Å². The molecule has 7 nitrogen and oxygen atoms in total. The lowest BCUT2D eigenvalue weighted by Crippen LogP contribution is -2.27. The van der Waals surface area contributed by atoms with Crippen LogP contribution in [0.1, 0.15) is 35.2 Å². The maximum atomic E-state index is 13.2. The maximum Gasteiger partial charge on any atom is 0.270 e. The summed E-state index contributed by atoms with van der Waals surface area (Å²) in [5.74, 6) is 1.22. The molecule has 2 saturated heterocycles. The van der Waals surface area contributed by atoms with Crippen molar-refractivity contribution < 1.29 is 19.1 Å². The van der Waals surface area contributed by atoms with Gasteiger partial charge in [0.25, 0.3) is 5.91 Å². The highest BCUT2D eigenvalue weighted by atomic mass is 35.5. The van der Waals surface area contributed by atoms with Crippen molar-refractivity contribution in [3.05, 3.63) is 88.8 Å². The van der Waals surface area contributed by atoms with Crippen molar-refractivity contribution >= 4 is 64.3 Å². The number of nitrogens with two attached hydrogens (primary N) is 1. The number of nitrogens with zero attached hydrogens (tertiary/aromatic N) is 2. The van der Waals surface area contributed by atoms with Crippen molar-refractivity contribution in [2.45, 2.75) is 19.3 Å². The Morgan fingerprint density at radius 1 is 0.975 bits per heavy atom. The van der Waals surface area contributed by atoms with Gasteiger partial charge in [-0.15, -0.1) is 12.4 Å². The van der Waals surface area contributed by atoms with Crippen LogP contribution < -0.4 is 20.1 Å². The first-order valence-corrected chi connectivity index (χ1v) is 14.1. The molecule has 3 aromatic rings. The average molecular weight is 596 g/mol. The highest BCUT2D eigenvalue weighted by Gasteiger charge is 2.33. The monoisotopic (exact) mass is 595 g/mol. The van der Waals surface area contributed by atoms with Gasteiger partial charge in [-0.1, -0.05) is 42.2 Å². The predicted molar refractivity (Wildman–Crippen MR) is 167 cm³/mol. The van der Waals surface area contributed by atoms with E-state index in [0.29, 0.717) is 38.6 Å². The number of rotatable bonds is 10. The Morgan fingerprint density at radius 3 is 2.38 bits per heavy atom. The van der Waals surface area contributed by atoms with Crippen molar-refractivity contribution in [2.75, 3.05) is 31.1 Å². The van der Waals surface area contributed by atoms with Gasteiger partial charge in [0, 0.05) is 12.1 Å². The molecule has 0 unspecified atom stereocenters. The van der Waals surface area contributed by atoms with E-state index in [9.17, 15) is 9.59 Å². The van der Waals surface area contributed by atoms with Gasteiger partial charge >= 0.3 is 0 Å². The topological polar surface area (TPSA) is 85.1 Å². The third-order valence-electron chi connectivity index (χ3n) is 6.51. The second-order valence-corrected chi connectivity index (χ2v) is 11.0. The number of carbonyl (C=O) groups excluding carboxylic acids is 2. The van der Waals surface area contributed by atoms with Gasteiger partial charge in [-0.25, -0.2) is 0 Å². The second-order valence-electron chi connectivity index (χ2n) is 9.32. The number of amides is 2. The van der Waals surface area contributed by atoms with Crippen LogP contribution in [0.3, 0.4) is 0 Å². The lowest BCUT2D eigenvalue weighted by Gasteiger charge is -2.16. The third kappa shape index (κ3) is 7.42. The van der Waals surface area contributed by atoms with E-state index in [4.69, 9.17) is 27.4 Å². The number of halogens is 1. The number of likely N-dealkylation sites (tertiary alicyclic amines) is 1. The molecular formula is C30H30ClN3O4S2. The molecule has 40 heavy (non-hydrogen) atoms. The van der Waals surface area contributed by atoms with Gasteiger partial charge in [-0.2, -0.15) is 0 Å². The fourth-order valence-electron chi connectivity index (χ4n) is 4.50. The molecule has 2 amide bonds. The van der Waals surface area contributed by atoms with Crippen LogP contribution in [0.15, 0.2) is 77.7 Å². The summed E-state index contributed by atoms with van der Waals surface area (Å²) >= 11 is 6.80. The van der Waals surface area contributed by atoms with E-state index in [0.717, 1.165) is 24.3 Å². The Kier molecular flexibility index (Phi) is 10.2. The molecule has 0 saturated carbocycles. The average Bonchev–Trinajstić information content (AvgIpc) is 3.56. The minimum Gasteiger partial charge on any atom is -0.494 e. The Bertz CT molecular complexity index is 1390. The van der Waals surface area contributed by atoms with Crippen molar-refractivity contribution in [3.63, 3.8) is 0 Å². The number of ether oxygens (including phenoxy) is 2. The highest BCUT2D eigenvalue weighted by molar-refractivity contribution is 8.27. The van der Waals surface area contributed by atoms with Gasteiger partial charge in [-0.05, 0) is 98.6 Å². The van der Waals surface area contributed by atoms with E-state index in [1.165, 1.54) is 37.7 Å². The zero-order valence-corrected chi connectivity index (χ0v) is 24.2. The number of benzene rings is 3. The van der Waals surface area contributed by atoms with Gasteiger partial charge in [0.2, 0.25) is 5.91 Å². The number of hydrogen-bond acceptors (Lipinski definition) is 7. The number of anilines is 1. The zero-order valence-electron chi connectivity index (χ0n) is 21.8. The molecule has 0 radical (unpaired) electrons. The minimum absolute atomic E-state index is 0. The summed E-state index contributed by atoms with van der Waals surface area (Å²) in [6.07, 6.45) is 5.41. The summed E-state index contributed by atoms with van der Waals surface area (Å²) in [5.41, 5.74) is 7.27. The second kappa shape index (κ2) is 13.8. The Morgan fingerprint density at radius 2 is 1.68 bits per heavy atom. The molecule has 0 atom stereocenters. The van der Waals surface area contributed by atoms with E-state index in [2.05, 4.69) is 4.90 Å². The lowest BCUT2D eigenvalue weighted by molar-refractivity contribution is -0.113. The van der Waals surface area contributed by atoms with Gasteiger partial charge in [0.05, 0.1) is 17.2 Å². The van der Waals surface area contributed by atoms with Gasteiger partial charge in [0.1, 0.15) is 17.2 Å². The molecule has 10 heteroatoms. The van der Waals surface area contributed by atoms with Gasteiger partial charge < -0.3 is 20.1 Å². The number of carbonyl (C=O) groups is 2. The number of thioether (sulfide) groups is 1. The first kappa shape index (κ1) is 29.6. The number of hydrogen-bond donors (Lipinski definition) is 1. The Balaban J connectivity index is 0.00000370. The van der Waals surface area contributed by atoms with Crippen LogP contribution in [0.5, 0.6) is 17.2 Å². The Labute approximate surface area is 249 Å². The molecule has 2 N–H and O–H groups in total. The van der Waals surface area contributed by atoms with Gasteiger partial charge in [0.15, 0.2) is 4.32 Å². The summed E-state index contributed by atoms with van der Waals surface area (Å²) in [7, 11) is 0. The maximum absolute atomic E-state index is 13.2. The molecule has 2 fully saturated rings. The largest absolute Gasteiger partial charge is 0.494 e. The van der Waals surface area contributed by atoms with Gasteiger partial charge in [-0.3, -0.25) is 14.5 Å². The number of primary amides is 1. The van der Waals surface area contributed by atoms with E-state index >= 15 is 0 Å². The quantitative estimate of drug-likeness (QED) is 0.168. The SMILES string of the molecule is Cl.NC(=O)c1cccc(Oc2ccc(/C=C3\SC(=S)N(c4ccc(OCCCN5CCCC5)cc4)C3=O)cc2)c1. The highest BCUT2D eigenvalue weighted by Crippen LogP contribution is 2.37. The molecule has 2 heterocycles. The molecule has 0 aromatic heterocycles. The van der Waals surface area contributed by atoms with Crippen LogP contribution in [0.4, 0.5) is 5.69 Å². The van der Waals surface area contributed by atoms with E-state index in [1.807, 2.05) is 42.5 Å². The van der Waals surface area contributed by atoms with Crippen LogP contribution in [0.2, 0.25) is 0 Å². The molecule has 5 rings (SSSR count). The van der Waals surface area contributed by atoms with Crippen molar-refractivity contribution in [3.8, 4) is 17.2 Å². The smallest absolute Gasteiger partial charge is 0.270 e. The molecule has 208 valence electrons. The predicted octanol–water partition coefficient (Wildman–Crippen LogP) is 6.27. The number of thiocarbonyl (C=S) groups is 1. The summed E-state index contributed by atoms with van der Waals surface area (Å²) in [5, 5.41) is 0. The van der Waals surface area contributed by atoms with Crippen molar-refractivity contribution in [2.24, 2.45) is 5.73 Å². The first-order chi connectivity index (χ1) is 19.0. The van der Waals surface area contributed by atoms with Crippen molar-refractivity contribution in [1.82, 2.24) is 4.90 Å². The first-order valence-electron chi connectivity index (χ1n) is 12.9. The summed E-state index contributed by atoms with van der Waals surface area (Å²) in [4.78, 5) is 29.1. The molecule has 0 bridgehead atoms. The normalized spacial score (nSPS) is 16.3. The molecule has 0 aliphatic carbocycles. The summed E-state index contributed by atoms with van der Waals surface area (Å²) < 4.78 is 12.2. The fraction of sp³-hybridized carbons (Fsp3) is 0.233. The van der Waals surface area contributed by atoms with E-state index in [-0.39, 0.29) is 18.3 Å². The molecular weight excluding hydrogens is 566 g/mol. The third-order valence-corrected chi connectivity index (χ3v) is 7.81. The van der Waals surface area contributed by atoms with Crippen molar-refractivity contribution in [1.29, 1.82) is 0 Å². The summed E-state index contributed by atoms with van der Waals surface area (Å²) in [6.45, 7) is 4.13. The zero-order chi connectivity index (χ0) is 27.2. The van der Waals surface area contributed by atoms with Crippen LogP contribution in [-0.2, 0) is 4.79 Å². The minimum atomic E-state index is -0.513. The van der Waals surface area contributed by atoms with Crippen LogP contribution in [0.25, 0.3) is 6.08 Å². The van der Waals surface area contributed by atoms with E-state index < -0.39 is 5.91 Å². The molecule has 2 aliphatic heterocycles. The van der Waals surface area contributed by atoms with E-state index in [1.54, 1.807) is 41.3 Å². The molecule has 2 aliphatic rings. The fourth-order valence-corrected chi connectivity index (χ4v) is 5.80. The van der Waals surface area contributed by atoms with Crippen LogP contribution in [-0.4, -0.2) is 47.3 Å². The lowest BCUT2D eigenvalue weighted by atomic mass is 10.2. The molecule has 0 spiro atoms. The standard InChI is InChI=1S/C30H29N3O4S2.ClH/c31-28(34)22-5-3-6-26(20-22)37-25-11-7-21(8-12-25)19-27-29(35)33(30(38)39-27)23-9-13-24(14-10-23)36-18-4-17-32-15-1-2-16-32;/h3,5-14,19-20H,1-2,4,15-18H2,(H2,31,34);1H/b27-19-;.